The molecule has 116 valence electrons. The van der Waals surface area contributed by atoms with Gasteiger partial charge in [0.05, 0.1) is 6.10 Å². The number of likely N-dealkylation sites (N-methyl/N-ethyl adjacent to an activating group) is 1. The van der Waals surface area contributed by atoms with E-state index < -0.39 is 0 Å². The maximum absolute atomic E-state index is 12.4. The molecule has 0 spiro atoms. The summed E-state index contributed by atoms with van der Waals surface area (Å²) >= 11 is 6.13. The van der Waals surface area contributed by atoms with Crippen molar-refractivity contribution in [1.29, 1.82) is 0 Å². The quantitative estimate of drug-likeness (QED) is 0.802. The number of rotatable bonds is 6. The van der Waals surface area contributed by atoms with Crippen molar-refractivity contribution in [3.63, 3.8) is 0 Å². The predicted molar refractivity (Wildman–Crippen MR) is 85.6 cm³/mol. The first kappa shape index (κ1) is 16.3. The maximum Gasteiger partial charge on any atom is 0.222 e. The van der Waals surface area contributed by atoms with Gasteiger partial charge in [-0.1, -0.05) is 29.8 Å². The lowest BCUT2D eigenvalue weighted by molar-refractivity contribution is -0.133. The summed E-state index contributed by atoms with van der Waals surface area (Å²) in [6.07, 6.45) is 4.82. The Morgan fingerprint density at radius 1 is 1.38 bits per heavy atom. The topological polar surface area (TPSA) is 29.5 Å². The standard InChI is InChI=1S/C17H24ClNO2/c1-2-19(13-15-8-5-6-12-21-15)17(20)11-10-14-7-3-4-9-16(14)18/h3-4,7,9,15H,2,5-6,8,10-13H2,1H3/t15-/m0/s1. The van der Waals surface area contributed by atoms with E-state index in [-0.39, 0.29) is 12.0 Å². The van der Waals surface area contributed by atoms with Crippen LogP contribution in [0.2, 0.25) is 5.02 Å². The zero-order chi connectivity index (χ0) is 15.1. The summed E-state index contributed by atoms with van der Waals surface area (Å²) in [7, 11) is 0. The van der Waals surface area contributed by atoms with Crippen LogP contribution in [0.3, 0.4) is 0 Å². The Labute approximate surface area is 132 Å². The second kappa shape index (κ2) is 8.40. The van der Waals surface area contributed by atoms with Gasteiger partial charge in [0.15, 0.2) is 0 Å². The lowest BCUT2D eigenvalue weighted by Gasteiger charge is -2.29. The molecule has 1 amide bonds. The fourth-order valence-corrected chi connectivity index (χ4v) is 2.94. The first-order valence-electron chi connectivity index (χ1n) is 7.83. The number of hydrogen-bond donors (Lipinski definition) is 0. The summed E-state index contributed by atoms with van der Waals surface area (Å²) in [5, 5.41) is 0.740. The van der Waals surface area contributed by atoms with Gasteiger partial charge in [0.2, 0.25) is 5.91 Å². The minimum Gasteiger partial charge on any atom is -0.376 e. The summed E-state index contributed by atoms with van der Waals surface area (Å²) < 4.78 is 5.73. The number of benzene rings is 1. The van der Waals surface area contributed by atoms with Gasteiger partial charge in [-0.05, 0) is 44.2 Å². The van der Waals surface area contributed by atoms with Crippen molar-refractivity contribution < 1.29 is 9.53 Å². The van der Waals surface area contributed by atoms with Gasteiger partial charge in [0.25, 0.3) is 0 Å². The second-order valence-electron chi connectivity index (χ2n) is 5.51. The van der Waals surface area contributed by atoms with Gasteiger partial charge in [0.1, 0.15) is 0 Å². The maximum atomic E-state index is 12.4. The van der Waals surface area contributed by atoms with Crippen LogP contribution in [-0.2, 0) is 16.0 Å². The molecular formula is C17H24ClNO2. The molecule has 3 nitrogen and oxygen atoms in total. The number of halogens is 1. The van der Waals surface area contributed by atoms with Crippen LogP contribution in [0.1, 0.15) is 38.2 Å². The lowest BCUT2D eigenvalue weighted by Crippen LogP contribution is -2.39. The fourth-order valence-electron chi connectivity index (χ4n) is 2.71. The monoisotopic (exact) mass is 309 g/mol. The highest BCUT2D eigenvalue weighted by Crippen LogP contribution is 2.18. The third-order valence-electron chi connectivity index (χ3n) is 4.00. The Balaban J connectivity index is 1.83. The fraction of sp³-hybridized carbons (Fsp3) is 0.588. The van der Waals surface area contributed by atoms with E-state index in [1.54, 1.807) is 0 Å². The first-order chi connectivity index (χ1) is 10.2. The molecule has 1 aliphatic heterocycles. The van der Waals surface area contributed by atoms with Crippen LogP contribution in [0.25, 0.3) is 0 Å². The molecule has 0 aromatic heterocycles. The smallest absolute Gasteiger partial charge is 0.222 e. The van der Waals surface area contributed by atoms with E-state index in [0.29, 0.717) is 12.8 Å². The SMILES string of the molecule is CCN(C[C@@H]1CCCCO1)C(=O)CCc1ccccc1Cl. The molecular weight excluding hydrogens is 286 g/mol. The van der Waals surface area contributed by atoms with Crippen LogP contribution in [-0.4, -0.2) is 36.6 Å². The van der Waals surface area contributed by atoms with E-state index in [4.69, 9.17) is 16.3 Å². The van der Waals surface area contributed by atoms with Crippen molar-refractivity contribution in [2.75, 3.05) is 19.7 Å². The predicted octanol–water partition coefficient (Wildman–Crippen LogP) is 3.69. The van der Waals surface area contributed by atoms with Gasteiger partial charge in [-0.25, -0.2) is 0 Å². The van der Waals surface area contributed by atoms with Gasteiger partial charge in [0, 0.05) is 31.1 Å². The van der Waals surface area contributed by atoms with Crippen molar-refractivity contribution in [2.24, 2.45) is 0 Å². The summed E-state index contributed by atoms with van der Waals surface area (Å²) in [6.45, 7) is 4.31. The Bertz CT molecular complexity index is 458. The van der Waals surface area contributed by atoms with Crippen molar-refractivity contribution in [3.8, 4) is 0 Å². The van der Waals surface area contributed by atoms with Crippen molar-refractivity contribution in [2.45, 2.75) is 45.1 Å². The molecule has 21 heavy (non-hydrogen) atoms. The van der Waals surface area contributed by atoms with Crippen LogP contribution in [0.15, 0.2) is 24.3 Å². The molecule has 1 atom stereocenters. The van der Waals surface area contributed by atoms with E-state index in [0.717, 1.165) is 43.1 Å². The average Bonchev–Trinajstić information content (AvgIpc) is 2.52. The molecule has 0 radical (unpaired) electrons. The van der Waals surface area contributed by atoms with E-state index >= 15 is 0 Å². The van der Waals surface area contributed by atoms with Crippen LogP contribution in [0, 0.1) is 0 Å². The first-order valence-corrected chi connectivity index (χ1v) is 8.21. The highest BCUT2D eigenvalue weighted by atomic mass is 35.5. The number of amides is 1. The Hall–Kier alpha value is -1.06. The zero-order valence-corrected chi connectivity index (χ0v) is 13.4. The summed E-state index contributed by atoms with van der Waals surface area (Å²) in [6, 6.07) is 7.72. The molecule has 2 rings (SSSR count). The summed E-state index contributed by atoms with van der Waals surface area (Å²) in [4.78, 5) is 14.3. The Kier molecular flexibility index (Phi) is 6.52. The van der Waals surface area contributed by atoms with Gasteiger partial charge in [-0.3, -0.25) is 4.79 Å². The minimum atomic E-state index is 0.187. The number of nitrogens with zero attached hydrogens (tertiary/aromatic N) is 1. The normalized spacial score (nSPS) is 18.5. The molecule has 0 saturated carbocycles. The molecule has 1 saturated heterocycles. The van der Waals surface area contributed by atoms with Crippen LogP contribution < -0.4 is 0 Å². The molecule has 0 N–H and O–H groups in total. The molecule has 0 bridgehead atoms. The minimum absolute atomic E-state index is 0.187. The molecule has 1 aliphatic rings. The summed E-state index contributed by atoms with van der Waals surface area (Å²) in [5.74, 6) is 0.187. The van der Waals surface area contributed by atoms with Crippen LogP contribution in [0.5, 0.6) is 0 Å². The van der Waals surface area contributed by atoms with Gasteiger partial charge in [-0.2, -0.15) is 0 Å². The second-order valence-corrected chi connectivity index (χ2v) is 5.92. The van der Waals surface area contributed by atoms with Crippen molar-refractivity contribution in [1.82, 2.24) is 4.90 Å². The van der Waals surface area contributed by atoms with Gasteiger partial charge >= 0.3 is 0 Å². The van der Waals surface area contributed by atoms with Crippen LogP contribution >= 0.6 is 11.6 Å². The molecule has 1 aromatic carbocycles. The molecule has 1 aromatic rings. The van der Waals surface area contributed by atoms with Gasteiger partial charge < -0.3 is 9.64 Å². The molecule has 0 aliphatic carbocycles. The number of hydrogen-bond acceptors (Lipinski definition) is 2. The molecule has 1 heterocycles. The van der Waals surface area contributed by atoms with E-state index in [1.807, 2.05) is 36.1 Å². The number of aryl methyl sites for hydroxylation is 1. The van der Waals surface area contributed by atoms with E-state index in [9.17, 15) is 4.79 Å². The molecule has 0 unspecified atom stereocenters. The molecule has 4 heteroatoms. The Morgan fingerprint density at radius 2 is 2.19 bits per heavy atom. The Morgan fingerprint density at radius 3 is 2.86 bits per heavy atom. The summed E-state index contributed by atoms with van der Waals surface area (Å²) in [5.41, 5.74) is 1.04. The molecule has 1 fully saturated rings. The third-order valence-corrected chi connectivity index (χ3v) is 4.37. The lowest BCUT2D eigenvalue weighted by atomic mass is 10.1. The van der Waals surface area contributed by atoms with E-state index in [1.165, 1.54) is 6.42 Å². The average molecular weight is 310 g/mol. The highest BCUT2D eigenvalue weighted by molar-refractivity contribution is 6.31. The van der Waals surface area contributed by atoms with Crippen molar-refractivity contribution in [3.05, 3.63) is 34.9 Å². The van der Waals surface area contributed by atoms with Gasteiger partial charge in [-0.15, -0.1) is 0 Å². The third kappa shape index (κ3) is 5.01. The van der Waals surface area contributed by atoms with E-state index in [2.05, 4.69) is 0 Å². The number of carbonyl (C=O) groups excluding carboxylic acids is 1. The van der Waals surface area contributed by atoms with Crippen LogP contribution in [0.4, 0.5) is 0 Å². The van der Waals surface area contributed by atoms with Crippen molar-refractivity contribution >= 4 is 17.5 Å². The number of carbonyl (C=O) groups is 1. The largest absolute Gasteiger partial charge is 0.376 e. The zero-order valence-electron chi connectivity index (χ0n) is 12.7. The highest BCUT2D eigenvalue weighted by Gasteiger charge is 2.20. The number of ether oxygens (including phenoxy) is 1.